The first-order chi connectivity index (χ1) is 12.5. The van der Waals surface area contributed by atoms with E-state index in [1.54, 1.807) is 6.92 Å². The summed E-state index contributed by atoms with van der Waals surface area (Å²) in [6, 6.07) is 0. The molecular weight excluding hydrogens is 332 g/mol. The highest BCUT2D eigenvalue weighted by atomic mass is 17.2. The monoisotopic (exact) mass is 366 g/mol. The average Bonchev–Trinajstić information content (AvgIpc) is 2.64. The van der Waals surface area contributed by atoms with Crippen molar-refractivity contribution in [3.8, 4) is 0 Å². The first-order valence-corrected chi connectivity index (χ1v) is 10.5. The van der Waals surface area contributed by atoms with E-state index in [2.05, 4.69) is 24.1 Å². The van der Waals surface area contributed by atoms with E-state index < -0.39 is 11.4 Å². The second-order valence-electron chi connectivity index (χ2n) is 8.99. The maximum atomic E-state index is 12.6. The van der Waals surface area contributed by atoms with Crippen LogP contribution in [0.25, 0.3) is 0 Å². The van der Waals surface area contributed by atoms with Gasteiger partial charge in [-0.05, 0) is 64.0 Å². The van der Waals surface area contributed by atoms with Crippen LogP contribution >= 0.6 is 0 Å². The van der Waals surface area contributed by atoms with Crippen LogP contribution in [-0.4, -0.2) is 55.0 Å². The van der Waals surface area contributed by atoms with E-state index in [-0.39, 0.29) is 12.5 Å². The number of hydrogen-bond donors (Lipinski definition) is 1. The second-order valence-corrected chi connectivity index (χ2v) is 8.99. The summed E-state index contributed by atoms with van der Waals surface area (Å²) < 4.78 is 6.33. The van der Waals surface area contributed by atoms with Crippen molar-refractivity contribution in [1.82, 2.24) is 10.2 Å². The number of likely N-dealkylation sites (N-methyl/N-ethyl adjacent to an activating group) is 1. The molecule has 4 bridgehead atoms. The van der Waals surface area contributed by atoms with Crippen molar-refractivity contribution in [3.63, 3.8) is 0 Å². The van der Waals surface area contributed by atoms with Gasteiger partial charge in [0.15, 0.2) is 0 Å². The van der Waals surface area contributed by atoms with Gasteiger partial charge in [0, 0.05) is 24.9 Å². The standard InChI is InChI=1S/C20H34N2O4/c1-4-22(5-2)7-6-21-18(23)19(3)13-24-20(26-25-19)16-9-14-8-15(11-16)12-17(20)10-14/h14-17H,4-13H2,1-3H3,(H,21,23). The van der Waals surface area contributed by atoms with Gasteiger partial charge in [0.05, 0.1) is 6.61 Å². The minimum Gasteiger partial charge on any atom is -0.352 e. The fourth-order valence-corrected chi connectivity index (χ4v) is 5.83. The summed E-state index contributed by atoms with van der Waals surface area (Å²) in [5, 5.41) is 2.98. The molecule has 1 aliphatic heterocycles. The van der Waals surface area contributed by atoms with Crippen molar-refractivity contribution in [3.05, 3.63) is 0 Å². The first kappa shape index (κ1) is 18.7. The Morgan fingerprint density at radius 3 is 2.15 bits per heavy atom. The molecular formula is C20H34N2O4. The Balaban J connectivity index is 1.33. The highest BCUT2D eigenvalue weighted by Gasteiger charge is 2.63. The molecule has 26 heavy (non-hydrogen) atoms. The predicted octanol–water partition coefficient (Wildman–Crippen LogP) is 2.33. The summed E-state index contributed by atoms with van der Waals surface area (Å²) in [4.78, 5) is 26.6. The number of carbonyl (C=O) groups is 1. The summed E-state index contributed by atoms with van der Waals surface area (Å²) in [5.74, 6) is 1.78. The molecule has 1 unspecified atom stereocenters. The fraction of sp³-hybridized carbons (Fsp3) is 0.950. The van der Waals surface area contributed by atoms with Gasteiger partial charge in [-0.25, -0.2) is 4.89 Å². The fourth-order valence-electron chi connectivity index (χ4n) is 5.83. The molecule has 6 heteroatoms. The highest BCUT2D eigenvalue weighted by molar-refractivity contribution is 5.84. The molecule has 0 aromatic carbocycles. The van der Waals surface area contributed by atoms with Gasteiger partial charge < -0.3 is 15.0 Å². The predicted molar refractivity (Wildman–Crippen MR) is 97.1 cm³/mol. The first-order valence-electron chi connectivity index (χ1n) is 10.5. The molecule has 5 rings (SSSR count). The van der Waals surface area contributed by atoms with Crippen LogP contribution in [0.15, 0.2) is 0 Å². The van der Waals surface area contributed by atoms with Gasteiger partial charge in [0.25, 0.3) is 5.91 Å². The van der Waals surface area contributed by atoms with Crippen LogP contribution in [0.2, 0.25) is 0 Å². The SMILES string of the molecule is CCN(CC)CCNC(=O)C1(C)COC2(OO1)C1CC3CC(C1)CC2C3. The molecule has 1 amide bonds. The Morgan fingerprint density at radius 1 is 1.04 bits per heavy atom. The number of amides is 1. The Labute approximate surface area is 156 Å². The summed E-state index contributed by atoms with van der Waals surface area (Å²) in [6.07, 6.45) is 6.12. The summed E-state index contributed by atoms with van der Waals surface area (Å²) in [6.45, 7) is 9.72. The topological polar surface area (TPSA) is 60.0 Å². The van der Waals surface area contributed by atoms with E-state index in [0.29, 0.717) is 18.4 Å². The Kier molecular flexibility index (Phi) is 5.05. The lowest BCUT2D eigenvalue weighted by Gasteiger charge is -2.60. The Morgan fingerprint density at radius 2 is 1.65 bits per heavy atom. The number of rotatable bonds is 6. The third-order valence-electron chi connectivity index (χ3n) is 7.29. The third-order valence-corrected chi connectivity index (χ3v) is 7.29. The molecule has 0 aromatic heterocycles. The molecule has 4 aliphatic carbocycles. The average molecular weight is 367 g/mol. The number of ether oxygens (including phenoxy) is 1. The lowest BCUT2D eigenvalue weighted by molar-refractivity contribution is -0.535. The van der Waals surface area contributed by atoms with Gasteiger partial charge in [-0.2, -0.15) is 4.89 Å². The Bertz CT molecular complexity index is 496. The largest absolute Gasteiger partial charge is 0.352 e. The zero-order valence-electron chi connectivity index (χ0n) is 16.5. The normalized spacial score (nSPS) is 44.0. The molecule has 5 fully saturated rings. The molecule has 1 spiro atoms. The lowest BCUT2D eigenvalue weighted by Crippen LogP contribution is -2.66. The molecule has 0 aromatic rings. The molecule has 1 heterocycles. The van der Waals surface area contributed by atoms with Crippen LogP contribution in [-0.2, 0) is 19.3 Å². The molecule has 1 atom stereocenters. The van der Waals surface area contributed by atoms with Gasteiger partial charge in [-0.3, -0.25) is 4.79 Å². The minimum absolute atomic E-state index is 0.150. The van der Waals surface area contributed by atoms with Crippen molar-refractivity contribution >= 4 is 5.91 Å². The van der Waals surface area contributed by atoms with E-state index in [4.69, 9.17) is 14.5 Å². The van der Waals surface area contributed by atoms with Crippen molar-refractivity contribution < 1.29 is 19.3 Å². The zero-order chi connectivity index (χ0) is 18.4. The quantitative estimate of drug-likeness (QED) is 0.731. The van der Waals surface area contributed by atoms with Crippen LogP contribution in [0.5, 0.6) is 0 Å². The second kappa shape index (κ2) is 7.04. The summed E-state index contributed by atoms with van der Waals surface area (Å²) >= 11 is 0. The number of nitrogens with zero attached hydrogens (tertiary/aromatic N) is 1. The van der Waals surface area contributed by atoms with Crippen molar-refractivity contribution in [2.75, 3.05) is 32.8 Å². The molecule has 0 radical (unpaired) electrons. The van der Waals surface area contributed by atoms with Gasteiger partial charge in [-0.15, -0.1) is 0 Å². The van der Waals surface area contributed by atoms with Crippen LogP contribution < -0.4 is 5.32 Å². The lowest BCUT2D eigenvalue weighted by atomic mass is 9.53. The molecule has 1 saturated heterocycles. The zero-order valence-corrected chi connectivity index (χ0v) is 16.5. The summed E-state index contributed by atoms with van der Waals surface area (Å²) in [7, 11) is 0. The van der Waals surface area contributed by atoms with E-state index in [0.717, 1.165) is 31.5 Å². The van der Waals surface area contributed by atoms with Crippen LogP contribution in [0, 0.1) is 23.7 Å². The van der Waals surface area contributed by atoms with Crippen LogP contribution in [0.1, 0.15) is 52.9 Å². The number of carbonyl (C=O) groups excluding carboxylic acids is 1. The number of hydrogen-bond acceptors (Lipinski definition) is 5. The highest BCUT2D eigenvalue weighted by Crippen LogP contribution is 2.61. The van der Waals surface area contributed by atoms with Crippen molar-refractivity contribution in [2.24, 2.45) is 23.7 Å². The number of nitrogens with one attached hydrogen (secondary N) is 1. The van der Waals surface area contributed by atoms with Gasteiger partial charge in [-0.1, -0.05) is 13.8 Å². The van der Waals surface area contributed by atoms with E-state index in [1.807, 2.05) is 0 Å². The van der Waals surface area contributed by atoms with Crippen molar-refractivity contribution in [1.29, 1.82) is 0 Å². The minimum atomic E-state index is -1.07. The molecule has 6 nitrogen and oxygen atoms in total. The van der Waals surface area contributed by atoms with Gasteiger partial charge in [0.2, 0.25) is 11.4 Å². The molecule has 5 aliphatic rings. The molecule has 148 valence electrons. The van der Waals surface area contributed by atoms with E-state index >= 15 is 0 Å². The van der Waals surface area contributed by atoms with Crippen LogP contribution in [0.3, 0.4) is 0 Å². The molecule has 4 saturated carbocycles. The summed E-state index contributed by atoms with van der Waals surface area (Å²) in [5.41, 5.74) is -1.07. The van der Waals surface area contributed by atoms with Crippen LogP contribution in [0.4, 0.5) is 0 Å². The van der Waals surface area contributed by atoms with Gasteiger partial charge in [0.1, 0.15) is 0 Å². The van der Waals surface area contributed by atoms with Crippen molar-refractivity contribution in [2.45, 2.75) is 64.3 Å². The maximum Gasteiger partial charge on any atom is 0.257 e. The van der Waals surface area contributed by atoms with E-state index in [9.17, 15) is 4.79 Å². The van der Waals surface area contributed by atoms with E-state index in [1.165, 1.54) is 32.1 Å². The maximum absolute atomic E-state index is 12.6. The molecule has 1 N–H and O–H groups in total. The Hall–Kier alpha value is -0.690. The third kappa shape index (κ3) is 3.09. The van der Waals surface area contributed by atoms with Gasteiger partial charge >= 0.3 is 0 Å². The smallest absolute Gasteiger partial charge is 0.257 e.